The van der Waals surface area contributed by atoms with E-state index in [-0.39, 0.29) is 11.5 Å². The molecular formula is C20H15FN6O. The van der Waals surface area contributed by atoms with Gasteiger partial charge in [0.15, 0.2) is 5.65 Å². The Morgan fingerprint density at radius 2 is 1.96 bits per heavy atom. The van der Waals surface area contributed by atoms with Gasteiger partial charge in [-0.05, 0) is 36.8 Å². The fourth-order valence-corrected chi connectivity index (χ4v) is 3.42. The molecule has 0 aliphatic rings. The Hall–Kier alpha value is -3.81. The topological polar surface area (TPSA) is 81.4 Å². The average Bonchev–Trinajstić information content (AvgIpc) is 3.27. The minimum absolute atomic E-state index is 0.325. The largest absolute Gasteiger partial charge is 0.328 e. The van der Waals surface area contributed by atoms with Crippen LogP contribution in [0.3, 0.4) is 0 Å². The molecule has 138 valence electrons. The molecule has 0 radical (unpaired) electrons. The number of imidazole rings is 2. The Labute approximate surface area is 158 Å². The molecule has 0 aliphatic heterocycles. The van der Waals surface area contributed by atoms with Crippen LogP contribution in [-0.2, 0) is 0 Å². The summed E-state index contributed by atoms with van der Waals surface area (Å²) in [7, 11) is 0. The van der Waals surface area contributed by atoms with Crippen molar-refractivity contribution in [1.29, 1.82) is 0 Å². The molecule has 5 aromatic rings. The molecule has 0 saturated heterocycles. The first kappa shape index (κ1) is 16.4. The summed E-state index contributed by atoms with van der Waals surface area (Å²) in [4.78, 5) is 28.7. The van der Waals surface area contributed by atoms with Crippen LogP contribution in [0.25, 0.3) is 28.1 Å². The number of hydrogen-bond acceptors (Lipinski definition) is 4. The molecule has 0 bridgehead atoms. The molecule has 5 rings (SSSR count). The molecule has 0 saturated carbocycles. The molecule has 28 heavy (non-hydrogen) atoms. The smallest absolute Gasteiger partial charge is 0.303 e. The Morgan fingerprint density at radius 1 is 1.11 bits per heavy atom. The van der Waals surface area contributed by atoms with Gasteiger partial charge in [0, 0.05) is 0 Å². The van der Waals surface area contributed by atoms with Gasteiger partial charge in [-0.3, -0.25) is 9.13 Å². The number of nitrogens with zero attached hydrogens (tertiary/aromatic N) is 5. The maximum absolute atomic E-state index is 13.7. The number of nitrogens with one attached hydrogen (secondary N) is 1. The third-order valence-electron chi connectivity index (χ3n) is 4.83. The van der Waals surface area contributed by atoms with Crippen molar-refractivity contribution in [2.24, 2.45) is 0 Å². The number of hydrogen-bond donors (Lipinski definition) is 1. The van der Waals surface area contributed by atoms with Gasteiger partial charge in [0.05, 0.1) is 23.3 Å². The summed E-state index contributed by atoms with van der Waals surface area (Å²) in [6.07, 6.45) is 3.22. The van der Waals surface area contributed by atoms with Crippen molar-refractivity contribution >= 4 is 22.2 Å². The van der Waals surface area contributed by atoms with Gasteiger partial charge in [0.1, 0.15) is 17.7 Å². The van der Waals surface area contributed by atoms with Gasteiger partial charge in [-0.2, -0.15) is 4.98 Å². The third kappa shape index (κ3) is 2.50. The van der Waals surface area contributed by atoms with E-state index >= 15 is 0 Å². The lowest BCUT2D eigenvalue weighted by atomic mass is 10.1. The van der Waals surface area contributed by atoms with E-state index in [2.05, 4.69) is 19.9 Å². The van der Waals surface area contributed by atoms with Gasteiger partial charge in [-0.15, -0.1) is 0 Å². The third-order valence-corrected chi connectivity index (χ3v) is 4.83. The number of aromatic amines is 1. The van der Waals surface area contributed by atoms with Crippen LogP contribution >= 0.6 is 0 Å². The molecule has 1 N–H and O–H groups in total. The summed E-state index contributed by atoms with van der Waals surface area (Å²) in [6.45, 7) is 1.83. The molecule has 0 fully saturated rings. The van der Waals surface area contributed by atoms with Crippen LogP contribution in [-0.4, -0.2) is 29.1 Å². The molecule has 3 aromatic heterocycles. The molecule has 8 heteroatoms. The van der Waals surface area contributed by atoms with Crippen LogP contribution in [0.2, 0.25) is 0 Å². The minimum Gasteiger partial charge on any atom is -0.303 e. The molecule has 0 amide bonds. The predicted octanol–water partition coefficient (Wildman–Crippen LogP) is 3.21. The first-order chi connectivity index (χ1) is 13.6. The fraction of sp³-hybridized carbons (Fsp3) is 0.100. The van der Waals surface area contributed by atoms with Crippen LogP contribution in [0.5, 0.6) is 0 Å². The number of H-pyrrole nitrogens is 1. The lowest BCUT2D eigenvalue weighted by molar-refractivity contribution is 0.601. The zero-order valence-corrected chi connectivity index (χ0v) is 14.9. The fourth-order valence-electron chi connectivity index (χ4n) is 3.42. The zero-order valence-electron chi connectivity index (χ0n) is 14.9. The van der Waals surface area contributed by atoms with Crippen LogP contribution in [0.1, 0.15) is 18.5 Å². The Balaban J connectivity index is 1.70. The zero-order chi connectivity index (χ0) is 19.3. The van der Waals surface area contributed by atoms with E-state index < -0.39 is 6.04 Å². The highest BCUT2D eigenvalue weighted by Crippen LogP contribution is 2.22. The second-order valence-corrected chi connectivity index (χ2v) is 6.54. The van der Waals surface area contributed by atoms with Crippen molar-refractivity contribution in [1.82, 2.24) is 29.1 Å². The minimum atomic E-state index is -0.403. The van der Waals surface area contributed by atoms with E-state index in [9.17, 15) is 9.18 Å². The van der Waals surface area contributed by atoms with Crippen molar-refractivity contribution in [3.8, 4) is 5.95 Å². The number of benzene rings is 2. The van der Waals surface area contributed by atoms with Crippen LogP contribution in [0, 0.1) is 5.82 Å². The normalized spacial score (nSPS) is 12.6. The number of rotatable bonds is 3. The van der Waals surface area contributed by atoms with E-state index in [0.29, 0.717) is 22.7 Å². The first-order valence-corrected chi connectivity index (χ1v) is 8.77. The van der Waals surface area contributed by atoms with Gasteiger partial charge < -0.3 is 4.98 Å². The van der Waals surface area contributed by atoms with E-state index in [0.717, 1.165) is 11.0 Å². The van der Waals surface area contributed by atoms with Crippen molar-refractivity contribution in [2.45, 2.75) is 13.0 Å². The van der Waals surface area contributed by atoms with Gasteiger partial charge >= 0.3 is 5.69 Å². The van der Waals surface area contributed by atoms with E-state index in [4.69, 9.17) is 0 Å². The number of halogens is 1. The van der Waals surface area contributed by atoms with Gasteiger partial charge in [-0.25, -0.2) is 19.2 Å². The summed E-state index contributed by atoms with van der Waals surface area (Å²) in [5.41, 5.74) is 3.01. The van der Waals surface area contributed by atoms with Gasteiger partial charge in [0.25, 0.3) is 0 Å². The van der Waals surface area contributed by atoms with Crippen LogP contribution in [0.4, 0.5) is 4.39 Å². The molecule has 2 aromatic carbocycles. The molecule has 0 aliphatic carbocycles. The highest BCUT2D eigenvalue weighted by atomic mass is 19.1. The van der Waals surface area contributed by atoms with Crippen molar-refractivity contribution in [3.63, 3.8) is 0 Å². The Morgan fingerprint density at radius 3 is 2.82 bits per heavy atom. The second-order valence-electron chi connectivity index (χ2n) is 6.54. The molecule has 1 unspecified atom stereocenters. The molecule has 7 nitrogen and oxygen atoms in total. The van der Waals surface area contributed by atoms with Gasteiger partial charge in [-0.1, -0.05) is 24.3 Å². The summed E-state index contributed by atoms with van der Waals surface area (Å²) in [6, 6.07) is 13.5. The molecular weight excluding hydrogens is 359 g/mol. The van der Waals surface area contributed by atoms with Crippen molar-refractivity contribution in [2.75, 3.05) is 0 Å². The van der Waals surface area contributed by atoms with E-state index in [1.54, 1.807) is 29.2 Å². The summed E-state index contributed by atoms with van der Waals surface area (Å²) < 4.78 is 16.9. The second kappa shape index (κ2) is 6.12. The molecule has 0 spiro atoms. The molecule has 1 atom stereocenters. The lowest BCUT2D eigenvalue weighted by Gasteiger charge is -2.14. The van der Waals surface area contributed by atoms with E-state index in [1.807, 2.05) is 31.2 Å². The van der Waals surface area contributed by atoms with E-state index in [1.165, 1.54) is 16.7 Å². The molecule has 3 heterocycles. The maximum atomic E-state index is 13.7. The maximum Gasteiger partial charge on any atom is 0.328 e. The highest BCUT2D eigenvalue weighted by Gasteiger charge is 2.18. The van der Waals surface area contributed by atoms with Crippen LogP contribution < -0.4 is 5.69 Å². The predicted molar refractivity (Wildman–Crippen MR) is 103 cm³/mol. The quantitative estimate of drug-likeness (QED) is 0.526. The average molecular weight is 374 g/mol. The van der Waals surface area contributed by atoms with Gasteiger partial charge in [0.2, 0.25) is 5.95 Å². The summed E-state index contributed by atoms with van der Waals surface area (Å²) in [5, 5.41) is 0. The summed E-state index contributed by atoms with van der Waals surface area (Å²) >= 11 is 0. The number of fused-ring (bicyclic) bond motifs is 2. The first-order valence-electron chi connectivity index (χ1n) is 8.77. The standard InChI is InChI=1S/C20H15FN6O/c1-12(13-5-4-6-14(21)9-13)27-18-16(24-20(27)28)10-22-19(25-18)26-11-23-15-7-2-3-8-17(15)26/h2-12H,1H3,(H,24,28). The Kier molecular flexibility index (Phi) is 3.58. The van der Waals surface area contributed by atoms with Crippen molar-refractivity contribution in [3.05, 3.63) is 82.9 Å². The monoisotopic (exact) mass is 374 g/mol. The van der Waals surface area contributed by atoms with Crippen LogP contribution in [0.15, 0.2) is 65.8 Å². The SMILES string of the molecule is CC(c1cccc(F)c1)n1c(=O)[nH]c2cnc(-n3cnc4ccccc43)nc21. The Bertz CT molecular complexity index is 1380. The summed E-state index contributed by atoms with van der Waals surface area (Å²) in [5.74, 6) is 0.0535. The number of aromatic nitrogens is 6. The number of para-hydroxylation sites is 2. The highest BCUT2D eigenvalue weighted by molar-refractivity contribution is 5.77. The lowest BCUT2D eigenvalue weighted by Crippen LogP contribution is -2.21. The van der Waals surface area contributed by atoms with Crippen molar-refractivity contribution < 1.29 is 4.39 Å².